The molecule has 0 heterocycles. The predicted molar refractivity (Wildman–Crippen MR) is 82.1 cm³/mol. The van der Waals surface area contributed by atoms with Crippen molar-refractivity contribution in [1.29, 1.82) is 0 Å². The molecule has 6 nitrogen and oxygen atoms in total. The minimum atomic E-state index is -1.23. The minimum absolute atomic E-state index is 0.0125. The maximum absolute atomic E-state index is 11.9. The van der Waals surface area contributed by atoms with E-state index in [1.807, 2.05) is 0 Å². The lowest BCUT2D eigenvalue weighted by atomic mass is 10.1. The zero-order valence-electron chi connectivity index (χ0n) is 11.3. The third-order valence-electron chi connectivity index (χ3n) is 2.85. The van der Waals surface area contributed by atoms with Crippen LogP contribution >= 0.6 is 11.6 Å². The zero-order chi connectivity index (χ0) is 16.1. The Morgan fingerprint density at radius 1 is 1.00 bits per heavy atom. The molecular formula is C15H13ClN2O4. The summed E-state index contributed by atoms with van der Waals surface area (Å²) in [5.74, 6) is -1.20. The summed E-state index contributed by atoms with van der Waals surface area (Å²) in [6.45, 7) is 0. The number of carbonyl (C=O) groups is 2. The average Bonchev–Trinajstić information content (AvgIpc) is 2.48. The van der Waals surface area contributed by atoms with Gasteiger partial charge in [0.1, 0.15) is 5.75 Å². The Morgan fingerprint density at radius 2 is 1.59 bits per heavy atom. The van der Waals surface area contributed by atoms with Gasteiger partial charge in [-0.05, 0) is 42.0 Å². The molecule has 0 bridgehead atoms. The van der Waals surface area contributed by atoms with E-state index in [1.165, 1.54) is 24.3 Å². The second kappa shape index (κ2) is 6.82. The number of hydrogen-bond acceptors (Lipinski definition) is 3. The molecule has 0 fully saturated rings. The van der Waals surface area contributed by atoms with Gasteiger partial charge in [-0.1, -0.05) is 23.7 Å². The first-order valence-electron chi connectivity index (χ1n) is 6.30. The fourth-order valence-electron chi connectivity index (χ4n) is 1.79. The number of halogens is 1. The van der Waals surface area contributed by atoms with Gasteiger partial charge in [-0.3, -0.25) is 0 Å². The number of aliphatic carboxylic acids is 1. The molecule has 0 aliphatic carbocycles. The second-order valence-corrected chi connectivity index (χ2v) is 4.90. The molecule has 0 aliphatic heterocycles. The Bertz CT molecular complexity index is 671. The molecule has 7 heteroatoms. The number of urea groups is 1. The number of carbonyl (C=O) groups excluding carboxylic acids is 1. The number of rotatable bonds is 4. The van der Waals surface area contributed by atoms with Crippen LogP contribution in [-0.4, -0.2) is 22.2 Å². The third-order valence-corrected chi connectivity index (χ3v) is 3.10. The van der Waals surface area contributed by atoms with Crippen LogP contribution in [0.25, 0.3) is 0 Å². The van der Waals surface area contributed by atoms with Gasteiger partial charge in [0.15, 0.2) is 6.04 Å². The van der Waals surface area contributed by atoms with Crippen LogP contribution < -0.4 is 10.6 Å². The first-order valence-corrected chi connectivity index (χ1v) is 6.68. The Morgan fingerprint density at radius 3 is 2.14 bits per heavy atom. The molecule has 0 spiro atoms. The molecule has 0 aliphatic rings. The highest BCUT2D eigenvalue weighted by Crippen LogP contribution is 2.18. The maximum atomic E-state index is 11.9. The van der Waals surface area contributed by atoms with Crippen LogP contribution in [0.4, 0.5) is 10.5 Å². The summed E-state index contributed by atoms with van der Waals surface area (Å²) in [7, 11) is 0. The second-order valence-electron chi connectivity index (χ2n) is 4.47. The van der Waals surface area contributed by atoms with Gasteiger partial charge in [0.05, 0.1) is 0 Å². The number of phenols is 1. The Labute approximate surface area is 131 Å². The van der Waals surface area contributed by atoms with Crippen molar-refractivity contribution < 1.29 is 19.8 Å². The molecular weight excluding hydrogens is 308 g/mol. The topological polar surface area (TPSA) is 98.7 Å². The van der Waals surface area contributed by atoms with Crippen molar-refractivity contribution in [3.63, 3.8) is 0 Å². The molecule has 2 aromatic carbocycles. The van der Waals surface area contributed by atoms with Crippen LogP contribution in [0, 0.1) is 0 Å². The zero-order valence-corrected chi connectivity index (χ0v) is 12.0. The van der Waals surface area contributed by atoms with Gasteiger partial charge in [0.2, 0.25) is 0 Å². The maximum Gasteiger partial charge on any atom is 0.330 e. The largest absolute Gasteiger partial charge is 0.508 e. The lowest BCUT2D eigenvalue weighted by Gasteiger charge is -2.15. The first-order chi connectivity index (χ1) is 10.5. The third kappa shape index (κ3) is 4.13. The molecule has 2 aromatic rings. The SMILES string of the molecule is O=C(Nc1ccc(Cl)cc1)NC(C(=O)O)c1ccc(O)cc1. The van der Waals surface area contributed by atoms with Crippen molar-refractivity contribution >= 4 is 29.3 Å². The van der Waals surface area contributed by atoms with E-state index in [0.717, 1.165) is 0 Å². The van der Waals surface area contributed by atoms with E-state index in [4.69, 9.17) is 11.6 Å². The Balaban J connectivity index is 2.07. The molecule has 1 unspecified atom stereocenters. The number of benzene rings is 2. The number of carboxylic acid groups (broad SMARTS) is 1. The van der Waals surface area contributed by atoms with Crippen LogP contribution in [0.5, 0.6) is 5.75 Å². The van der Waals surface area contributed by atoms with E-state index in [2.05, 4.69) is 10.6 Å². The number of amides is 2. The number of carboxylic acids is 1. The molecule has 0 radical (unpaired) electrons. The van der Waals surface area contributed by atoms with Gasteiger partial charge in [-0.2, -0.15) is 0 Å². The van der Waals surface area contributed by atoms with E-state index >= 15 is 0 Å². The molecule has 0 aromatic heterocycles. The fourth-order valence-corrected chi connectivity index (χ4v) is 1.91. The van der Waals surface area contributed by atoms with E-state index in [0.29, 0.717) is 16.3 Å². The van der Waals surface area contributed by atoms with Crippen LogP contribution in [0.1, 0.15) is 11.6 Å². The summed E-state index contributed by atoms with van der Waals surface area (Å²) < 4.78 is 0. The minimum Gasteiger partial charge on any atom is -0.508 e. The van der Waals surface area contributed by atoms with Gasteiger partial charge >= 0.3 is 12.0 Å². The molecule has 114 valence electrons. The van der Waals surface area contributed by atoms with Gasteiger partial charge < -0.3 is 20.8 Å². The van der Waals surface area contributed by atoms with E-state index < -0.39 is 18.0 Å². The Kier molecular flexibility index (Phi) is 4.85. The van der Waals surface area contributed by atoms with Crippen LogP contribution in [0.3, 0.4) is 0 Å². The molecule has 0 saturated carbocycles. The number of hydrogen-bond donors (Lipinski definition) is 4. The first kappa shape index (κ1) is 15.7. The lowest BCUT2D eigenvalue weighted by molar-refractivity contribution is -0.139. The van der Waals surface area contributed by atoms with Gasteiger partial charge in [0, 0.05) is 10.7 Å². The van der Waals surface area contributed by atoms with E-state index in [-0.39, 0.29) is 5.75 Å². The normalized spacial score (nSPS) is 11.5. The van der Waals surface area contributed by atoms with Crippen LogP contribution in [0.15, 0.2) is 48.5 Å². The lowest BCUT2D eigenvalue weighted by Crippen LogP contribution is -2.36. The molecule has 4 N–H and O–H groups in total. The summed E-state index contributed by atoms with van der Waals surface area (Å²) in [6, 6.07) is 10.1. The number of aromatic hydroxyl groups is 1. The predicted octanol–water partition coefficient (Wildman–Crippen LogP) is 2.99. The monoisotopic (exact) mass is 320 g/mol. The number of phenolic OH excluding ortho intramolecular Hbond substituents is 1. The molecule has 1 atom stereocenters. The van der Waals surface area contributed by atoms with Gasteiger partial charge in [0.25, 0.3) is 0 Å². The van der Waals surface area contributed by atoms with Crippen molar-refractivity contribution in [2.24, 2.45) is 0 Å². The van der Waals surface area contributed by atoms with Crippen molar-refractivity contribution in [2.75, 3.05) is 5.32 Å². The molecule has 2 rings (SSSR count). The Hall–Kier alpha value is -2.73. The molecule has 2 amide bonds. The summed E-state index contributed by atoms with van der Waals surface area (Å²) in [6.07, 6.45) is 0. The van der Waals surface area contributed by atoms with Crippen molar-refractivity contribution in [3.8, 4) is 5.75 Å². The van der Waals surface area contributed by atoms with Crippen LogP contribution in [-0.2, 0) is 4.79 Å². The van der Waals surface area contributed by atoms with Gasteiger partial charge in [-0.15, -0.1) is 0 Å². The molecule has 0 saturated heterocycles. The fraction of sp³-hybridized carbons (Fsp3) is 0.0667. The van der Waals surface area contributed by atoms with Gasteiger partial charge in [-0.25, -0.2) is 9.59 Å². The van der Waals surface area contributed by atoms with Crippen LogP contribution in [0.2, 0.25) is 5.02 Å². The van der Waals surface area contributed by atoms with Crippen molar-refractivity contribution in [2.45, 2.75) is 6.04 Å². The summed E-state index contributed by atoms with van der Waals surface area (Å²) in [4.78, 5) is 23.2. The highest BCUT2D eigenvalue weighted by atomic mass is 35.5. The van der Waals surface area contributed by atoms with Crippen molar-refractivity contribution in [1.82, 2.24) is 5.32 Å². The summed E-state index contributed by atoms with van der Waals surface area (Å²) in [5, 5.41) is 23.8. The smallest absolute Gasteiger partial charge is 0.330 e. The quantitative estimate of drug-likeness (QED) is 0.696. The summed E-state index contributed by atoms with van der Waals surface area (Å²) >= 11 is 5.74. The average molecular weight is 321 g/mol. The standard InChI is InChI=1S/C15H13ClN2O4/c16-10-3-5-11(6-4-10)17-15(22)18-13(14(20)21)9-1-7-12(19)8-2-9/h1-8,13,19H,(H,20,21)(H2,17,18,22). The van der Waals surface area contributed by atoms with E-state index in [9.17, 15) is 19.8 Å². The van der Waals surface area contributed by atoms with Crippen molar-refractivity contribution in [3.05, 3.63) is 59.1 Å². The summed E-state index contributed by atoms with van der Waals surface area (Å²) in [5.41, 5.74) is 0.827. The number of anilines is 1. The number of nitrogens with one attached hydrogen (secondary N) is 2. The molecule has 22 heavy (non-hydrogen) atoms. The highest BCUT2D eigenvalue weighted by Gasteiger charge is 2.22. The van der Waals surface area contributed by atoms with E-state index in [1.54, 1.807) is 24.3 Å². The highest BCUT2D eigenvalue weighted by molar-refractivity contribution is 6.30.